The Kier molecular flexibility index (Phi) is 7.79. The highest BCUT2D eigenvalue weighted by atomic mass is 32.2. The van der Waals surface area contributed by atoms with E-state index in [0.717, 1.165) is 43.1 Å². The maximum Gasteiger partial charge on any atom is 0.412 e. The van der Waals surface area contributed by atoms with Crippen LogP contribution < -0.4 is 16.7 Å². The van der Waals surface area contributed by atoms with E-state index in [2.05, 4.69) is 12.2 Å². The number of anilines is 1. The highest BCUT2D eigenvalue weighted by Gasteiger charge is 2.60. The number of nitrogens with zero attached hydrogens (tertiary/aromatic N) is 4. The van der Waals surface area contributed by atoms with E-state index >= 15 is 0 Å². The molecule has 2 aliphatic rings. The molecule has 0 radical (unpaired) electrons. The molecule has 4 heterocycles. The molecule has 1 aromatic carbocycles. The van der Waals surface area contributed by atoms with Crippen LogP contribution in [0.5, 0.6) is 0 Å². The monoisotopic (exact) mass is 591 g/mol. The quantitative estimate of drug-likeness (QED) is 0.364. The lowest BCUT2D eigenvalue weighted by molar-refractivity contribution is -0.120. The Labute approximate surface area is 235 Å². The smallest absolute Gasteiger partial charge is 0.412 e. The Morgan fingerprint density at radius 3 is 2.55 bits per heavy atom. The molecule has 2 aliphatic heterocycles. The molecule has 14 heteroatoms. The Morgan fingerprint density at radius 1 is 1.12 bits per heavy atom. The number of hydrogen-bond donors (Lipinski definition) is 2. The molecule has 0 bridgehead atoms. The highest BCUT2D eigenvalue weighted by Crippen LogP contribution is 2.41. The molecule has 12 nitrogen and oxygen atoms in total. The molecule has 0 unspecified atom stereocenters. The summed E-state index contributed by atoms with van der Waals surface area (Å²) >= 11 is 1.28. The fourth-order valence-corrected chi connectivity index (χ4v) is 7.51. The Hall–Kier alpha value is -3.20. The van der Waals surface area contributed by atoms with Crippen LogP contribution in [0.3, 0.4) is 0 Å². The average Bonchev–Trinajstić information content (AvgIpc) is 3.61. The van der Waals surface area contributed by atoms with Crippen molar-refractivity contribution in [3.8, 4) is 0 Å². The molecule has 0 spiro atoms. The van der Waals surface area contributed by atoms with Crippen molar-refractivity contribution >= 4 is 32.5 Å². The maximum atomic E-state index is 13.6. The van der Waals surface area contributed by atoms with Gasteiger partial charge in [-0.3, -0.25) is 5.32 Å². The molecule has 3 aromatic rings. The summed E-state index contributed by atoms with van der Waals surface area (Å²) in [6, 6.07) is 8.58. The third kappa shape index (κ3) is 5.04. The zero-order chi connectivity index (χ0) is 28.7. The first-order valence-electron chi connectivity index (χ1n) is 13.3. The molecule has 1 fully saturated rings. The van der Waals surface area contributed by atoms with Crippen LogP contribution in [0.15, 0.2) is 56.3 Å². The summed E-state index contributed by atoms with van der Waals surface area (Å²) in [7, 11) is -4.07. The number of amides is 1. The van der Waals surface area contributed by atoms with Crippen molar-refractivity contribution in [3.63, 3.8) is 0 Å². The van der Waals surface area contributed by atoms with Gasteiger partial charge in [0, 0.05) is 19.6 Å². The van der Waals surface area contributed by atoms with Crippen LogP contribution >= 0.6 is 11.3 Å². The Balaban J connectivity index is 1.52. The first kappa shape index (κ1) is 28.3. The first-order valence-corrected chi connectivity index (χ1v) is 15.6. The maximum absolute atomic E-state index is 13.6. The van der Waals surface area contributed by atoms with E-state index in [1.807, 2.05) is 6.92 Å². The molecular weight excluding hydrogens is 558 g/mol. The molecule has 2 aromatic heterocycles. The number of carbonyl (C=O) groups excluding carboxylic acids is 1. The number of aromatic nitrogens is 3. The second kappa shape index (κ2) is 11.0. The van der Waals surface area contributed by atoms with Crippen molar-refractivity contribution in [1.29, 1.82) is 0 Å². The van der Waals surface area contributed by atoms with Crippen molar-refractivity contribution in [2.75, 3.05) is 18.4 Å². The number of benzene rings is 1. The third-order valence-electron chi connectivity index (χ3n) is 7.60. The van der Waals surface area contributed by atoms with Crippen molar-refractivity contribution in [2.24, 2.45) is 0 Å². The number of β-amino-alcohol motifs (C(OH)–C–C–N with tert-alkyl or cyclic N) is 1. The predicted octanol–water partition coefficient (Wildman–Crippen LogP) is 2.37. The molecule has 40 heavy (non-hydrogen) atoms. The van der Waals surface area contributed by atoms with E-state index in [-0.39, 0.29) is 24.5 Å². The van der Waals surface area contributed by atoms with E-state index in [9.17, 15) is 27.9 Å². The second-order valence-corrected chi connectivity index (χ2v) is 13.2. The normalized spacial score (nSPS) is 22.6. The number of sulfonamides is 1. The van der Waals surface area contributed by atoms with Crippen molar-refractivity contribution in [1.82, 2.24) is 18.2 Å². The van der Waals surface area contributed by atoms with Gasteiger partial charge in [0.25, 0.3) is 0 Å². The summed E-state index contributed by atoms with van der Waals surface area (Å²) in [4.78, 5) is 39.7. The fraction of sp³-hybridized carbons (Fsp3) is 0.500. The van der Waals surface area contributed by atoms with Crippen molar-refractivity contribution in [2.45, 2.75) is 75.3 Å². The summed E-state index contributed by atoms with van der Waals surface area (Å²) < 4.78 is 37.3. The number of aryl methyl sites for hydroxylation is 1. The summed E-state index contributed by atoms with van der Waals surface area (Å²) in [5.74, 6) is 0. The van der Waals surface area contributed by atoms with E-state index in [1.54, 1.807) is 29.6 Å². The zero-order valence-electron chi connectivity index (χ0n) is 22.4. The van der Waals surface area contributed by atoms with Crippen LogP contribution in [0.1, 0.15) is 44.2 Å². The van der Waals surface area contributed by atoms with Crippen LogP contribution in [-0.2, 0) is 27.8 Å². The number of thiophene rings is 1. The van der Waals surface area contributed by atoms with Gasteiger partial charge in [0.2, 0.25) is 10.0 Å². The number of ether oxygens (including phenoxy) is 1. The van der Waals surface area contributed by atoms with Gasteiger partial charge >= 0.3 is 17.5 Å². The van der Waals surface area contributed by atoms with Gasteiger partial charge in [0.05, 0.1) is 16.4 Å². The molecule has 2 N–H and O–H groups in total. The van der Waals surface area contributed by atoms with Gasteiger partial charge in [0.15, 0.2) is 6.10 Å². The van der Waals surface area contributed by atoms with Gasteiger partial charge in [-0.2, -0.15) is 4.31 Å². The molecule has 5 rings (SSSR count). The average molecular weight is 592 g/mol. The number of hydrogen-bond acceptors (Lipinski definition) is 8. The minimum Gasteiger partial charge on any atom is -0.441 e. The number of aliphatic hydroxyl groups is 1. The first-order chi connectivity index (χ1) is 19.1. The van der Waals surface area contributed by atoms with Gasteiger partial charge in [0.1, 0.15) is 11.6 Å². The Bertz CT molecular complexity index is 1590. The lowest BCUT2D eigenvalue weighted by Gasteiger charge is -2.40. The predicted molar refractivity (Wildman–Crippen MR) is 149 cm³/mol. The second-order valence-electron chi connectivity index (χ2n) is 10.3. The number of unbranched alkanes of at least 4 members (excludes halogenated alkanes) is 3. The van der Waals surface area contributed by atoms with Crippen molar-refractivity contribution in [3.05, 3.63) is 68.3 Å². The lowest BCUT2D eigenvalue weighted by Crippen LogP contribution is -2.60. The molecular formula is C26H33N5O7S2. The van der Waals surface area contributed by atoms with E-state index in [1.165, 1.54) is 23.5 Å². The number of rotatable bonds is 9. The SMILES string of the molecule is CCCCCCn1c(=O)n2n(c1=O)[C@@H]1CN(S(=O)(=O)c3ccc(C)cc3)C[C@]1(O)[C@@H](OC(=O)Nc1cccs1)C2. The largest absolute Gasteiger partial charge is 0.441 e. The topological polar surface area (TPSA) is 145 Å². The van der Waals surface area contributed by atoms with Gasteiger partial charge in [-0.05, 0) is 43.0 Å². The molecule has 216 valence electrons. The molecule has 0 saturated carbocycles. The molecule has 0 aliphatic carbocycles. The number of carbonyl (C=O) groups is 1. The highest BCUT2D eigenvalue weighted by molar-refractivity contribution is 7.89. The van der Waals surface area contributed by atoms with Gasteiger partial charge in [-0.1, -0.05) is 43.9 Å². The van der Waals surface area contributed by atoms with Crippen LogP contribution in [-0.4, -0.2) is 62.6 Å². The van der Waals surface area contributed by atoms with Crippen LogP contribution in [0, 0.1) is 6.92 Å². The summed E-state index contributed by atoms with van der Waals surface area (Å²) in [5.41, 5.74) is -2.29. The molecule has 1 amide bonds. The van der Waals surface area contributed by atoms with Crippen LogP contribution in [0.2, 0.25) is 0 Å². The van der Waals surface area contributed by atoms with E-state index < -0.39 is 51.8 Å². The van der Waals surface area contributed by atoms with Crippen molar-refractivity contribution < 1.29 is 23.1 Å². The number of fused-ring (bicyclic) bond motifs is 3. The van der Waals surface area contributed by atoms with Gasteiger partial charge in [-0.25, -0.2) is 36.7 Å². The standard InChI is InChI=1S/C26H33N5O7S2/c1-3-4-5-6-13-29-24(33)30-16-21(38-23(32)27-22-8-7-14-39-22)26(35)17-28(15-20(26)31(30)25(29)34)40(36,37)19-11-9-18(2)10-12-19/h7-12,14,20-21,35H,3-6,13,15-17H2,1-2H3,(H,27,32)/t20-,21+,26-/m1/s1. The van der Waals surface area contributed by atoms with Gasteiger partial charge in [-0.15, -0.1) is 11.3 Å². The number of nitrogens with one attached hydrogen (secondary N) is 1. The zero-order valence-corrected chi connectivity index (χ0v) is 24.0. The molecule has 1 saturated heterocycles. The van der Waals surface area contributed by atoms with Crippen LogP contribution in [0.4, 0.5) is 9.80 Å². The minimum absolute atomic E-state index is 0.0338. The fourth-order valence-electron chi connectivity index (χ4n) is 5.41. The summed E-state index contributed by atoms with van der Waals surface area (Å²) in [6.45, 7) is 3.09. The lowest BCUT2D eigenvalue weighted by atomic mass is 9.89. The van der Waals surface area contributed by atoms with E-state index in [4.69, 9.17) is 4.74 Å². The summed E-state index contributed by atoms with van der Waals surface area (Å²) in [5, 5.41) is 16.9. The summed E-state index contributed by atoms with van der Waals surface area (Å²) in [6.07, 6.45) is 1.27. The van der Waals surface area contributed by atoms with E-state index in [0.29, 0.717) is 11.4 Å². The van der Waals surface area contributed by atoms with Gasteiger partial charge < -0.3 is 9.84 Å². The Morgan fingerprint density at radius 2 is 1.88 bits per heavy atom. The molecule has 3 atom stereocenters. The van der Waals surface area contributed by atoms with Crippen LogP contribution in [0.25, 0.3) is 0 Å². The minimum atomic E-state index is -4.07. The third-order valence-corrected chi connectivity index (χ3v) is 10.2.